The van der Waals surface area contributed by atoms with Crippen LogP contribution in [-0.4, -0.2) is 31.9 Å². The summed E-state index contributed by atoms with van der Waals surface area (Å²) in [6.07, 6.45) is 1.58. The number of benzene rings is 2. The van der Waals surface area contributed by atoms with Crippen molar-refractivity contribution in [2.24, 2.45) is 0 Å². The molecular weight excluding hydrogens is 428 g/mol. The molecule has 1 amide bonds. The summed E-state index contributed by atoms with van der Waals surface area (Å²) in [5.41, 5.74) is 0.375. The molecule has 2 aromatic carbocycles. The van der Waals surface area contributed by atoms with Gasteiger partial charge < -0.3 is 10.0 Å². The standard InChI is InChI=1S/C25H19F2N3O3/c1-15(20-10-9-18(26)12-21(20)27)30(14-19-7-4-8-22(29-19)25(32)33)24(31)23-11-16-5-2-3-6-17(16)13-28-23/h2-13,15H,14H2,1H3,(H,32,33)/t15-/m1/s1. The first-order valence-corrected chi connectivity index (χ1v) is 10.1. The number of amides is 1. The van der Waals surface area contributed by atoms with Gasteiger partial charge in [-0.15, -0.1) is 0 Å². The lowest BCUT2D eigenvalue weighted by atomic mass is 10.0. The zero-order chi connectivity index (χ0) is 23.5. The zero-order valence-electron chi connectivity index (χ0n) is 17.6. The van der Waals surface area contributed by atoms with Crippen molar-refractivity contribution in [3.8, 4) is 0 Å². The molecule has 33 heavy (non-hydrogen) atoms. The highest BCUT2D eigenvalue weighted by Crippen LogP contribution is 2.27. The Labute approximate surface area is 188 Å². The highest BCUT2D eigenvalue weighted by atomic mass is 19.1. The molecule has 0 aliphatic rings. The minimum Gasteiger partial charge on any atom is -0.477 e. The molecule has 0 unspecified atom stereocenters. The van der Waals surface area contributed by atoms with E-state index in [-0.39, 0.29) is 23.5 Å². The Morgan fingerprint density at radius 3 is 2.45 bits per heavy atom. The number of aromatic carboxylic acids is 1. The Bertz CT molecular complexity index is 1360. The fourth-order valence-corrected chi connectivity index (χ4v) is 3.60. The number of rotatable bonds is 6. The molecule has 0 radical (unpaired) electrons. The van der Waals surface area contributed by atoms with E-state index < -0.39 is 29.6 Å². The van der Waals surface area contributed by atoms with Gasteiger partial charge in [0, 0.05) is 23.2 Å². The van der Waals surface area contributed by atoms with Gasteiger partial charge in [0.1, 0.15) is 23.0 Å². The average Bonchev–Trinajstić information content (AvgIpc) is 2.81. The Kier molecular flexibility index (Phi) is 6.08. The van der Waals surface area contributed by atoms with E-state index in [0.29, 0.717) is 5.69 Å². The topological polar surface area (TPSA) is 83.4 Å². The van der Waals surface area contributed by atoms with Gasteiger partial charge in [-0.3, -0.25) is 9.78 Å². The van der Waals surface area contributed by atoms with Crippen LogP contribution in [0, 0.1) is 11.6 Å². The van der Waals surface area contributed by atoms with Crippen LogP contribution in [0.3, 0.4) is 0 Å². The quantitative estimate of drug-likeness (QED) is 0.449. The first-order valence-electron chi connectivity index (χ1n) is 10.1. The molecule has 2 heterocycles. The number of aromatic nitrogens is 2. The predicted octanol–water partition coefficient (Wildman–Crippen LogP) is 5.01. The van der Waals surface area contributed by atoms with Gasteiger partial charge in [-0.25, -0.2) is 18.6 Å². The van der Waals surface area contributed by atoms with Crippen LogP contribution in [0.1, 0.15) is 45.2 Å². The lowest BCUT2D eigenvalue weighted by Gasteiger charge is -2.29. The maximum absolute atomic E-state index is 14.6. The van der Waals surface area contributed by atoms with Gasteiger partial charge in [-0.1, -0.05) is 36.4 Å². The Balaban J connectivity index is 1.76. The third kappa shape index (κ3) is 4.69. The van der Waals surface area contributed by atoms with Crippen LogP contribution in [0.5, 0.6) is 0 Å². The van der Waals surface area contributed by atoms with Crippen molar-refractivity contribution in [2.75, 3.05) is 0 Å². The van der Waals surface area contributed by atoms with Crippen molar-refractivity contribution in [1.82, 2.24) is 14.9 Å². The van der Waals surface area contributed by atoms with E-state index in [4.69, 9.17) is 0 Å². The van der Waals surface area contributed by atoms with Crippen LogP contribution in [0.2, 0.25) is 0 Å². The van der Waals surface area contributed by atoms with Gasteiger partial charge in [0.2, 0.25) is 0 Å². The van der Waals surface area contributed by atoms with Crippen LogP contribution in [0.25, 0.3) is 10.8 Å². The van der Waals surface area contributed by atoms with Crippen LogP contribution in [-0.2, 0) is 6.54 Å². The summed E-state index contributed by atoms with van der Waals surface area (Å²) >= 11 is 0. The highest BCUT2D eigenvalue weighted by molar-refractivity contribution is 5.96. The lowest BCUT2D eigenvalue weighted by Crippen LogP contribution is -2.34. The second-order valence-electron chi connectivity index (χ2n) is 7.51. The number of carbonyl (C=O) groups excluding carboxylic acids is 1. The Morgan fingerprint density at radius 2 is 1.73 bits per heavy atom. The predicted molar refractivity (Wildman–Crippen MR) is 118 cm³/mol. The third-order valence-corrected chi connectivity index (χ3v) is 5.35. The molecule has 0 spiro atoms. The number of pyridine rings is 2. The summed E-state index contributed by atoms with van der Waals surface area (Å²) in [5, 5.41) is 10.9. The van der Waals surface area contributed by atoms with E-state index in [2.05, 4.69) is 9.97 Å². The molecule has 2 aromatic heterocycles. The second-order valence-corrected chi connectivity index (χ2v) is 7.51. The summed E-state index contributed by atoms with van der Waals surface area (Å²) < 4.78 is 28.0. The summed E-state index contributed by atoms with van der Waals surface area (Å²) in [7, 11) is 0. The van der Waals surface area contributed by atoms with E-state index in [9.17, 15) is 23.5 Å². The molecule has 1 atom stereocenters. The fraction of sp³-hybridized carbons (Fsp3) is 0.120. The summed E-state index contributed by atoms with van der Waals surface area (Å²) in [6, 6.07) is 15.8. The smallest absolute Gasteiger partial charge is 0.354 e. The first-order chi connectivity index (χ1) is 15.8. The Hall–Kier alpha value is -4.20. The minimum absolute atomic E-state index is 0.105. The molecule has 0 saturated carbocycles. The number of nitrogens with zero attached hydrogens (tertiary/aromatic N) is 3. The number of halogens is 2. The molecule has 0 fully saturated rings. The molecule has 1 N–H and O–H groups in total. The van der Waals surface area contributed by atoms with Crippen molar-refractivity contribution < 1.29 is 23.5 Å². The molecule has 4 aromatic rings. The third-order valence-electron chi connectivity index (χ3n) is 5.35. The van der Waals surface area contributed by atoms with Gasteiger partial charge in [-0.05, 0) is 36.6 Å². The molecule has 0 bridgehead atoms. The fourth-order valence-electron chi connectivity index (χ4n) is 3.60. The van der Waals surface area contributed by atoms with E-state index in [0.717, 1.165) is 22.9 Å². The van der Waals surface area contributed by atoms with Gasteiger partial charge in [0.05, 0.1) is 18.3 Å². The van der Waals surface area contributed by atoms with Crippen molar-refractivity contribution in [3.63, 3.8) is 0 Å². The maximum Gasteiger partial charge on any atom is 0.354 e. The molecule has 8 heteroatoms. The molecule has 4 rings (SSSR count). The zero-order valence-corrected chi connectivity index (χ0v) is 17.6. The van der Waals surface area contributed by atoms with Crippen molar-refractivity contribution >= 4 is 22.6 Å². The van der Waals surface area contributed by atoms with E-state index in [1.165, 1.54) is 23.1 Å². The molecule has 0 aliphatic heterocycles. The van der Waals surface area contributed by atoms with Gasteiger partial charge >= 0.3 is 5.97 Å². The van der Waals surface area contributed by atoms with Crippen LogP contribution in [0.4, 0.5) is 8.78 Å². The normalized spacial score (nSPS) is 11.8. The SMILES string of the molecule is C[C@H](c1ccc(F)cc1F)N(Cc1cccc(C(=O)O)n1)C(=O)c1cc2ccccc2cn1. The monoisotopic (exact) mass is 447 g/mol. The van der Waals surface area contributed by atoms with E-state index in [1.54, 1.807) is 25.3 Å². The number of carbonyl (C=O) groups is 2. The molecule has 0 saturated heterocycles. The minimum atomic E-state index is -1.21. The van der Waals surface area contributed by atoms with Crippen LogP contribution >= 0.6 is 0 Å². The van der Waals surface area contributed by atoms with Gasteiger partial charge in [0.25, 0.3) is 5.91 Å². The van der Waals surface area contributed by atoms with Crippen molar-refractivity contribution in [1.29, 1.82) is 0 Å². The van der Waals surface area contributed by atoms with Crippen molar-refractivity contribution in [3.05, 3.63) is 107 Å². The number of hydrogen-bond acceptors (Lipinski definition) is 4. The van der Waals surface area contributed by atoms with Gasteiger partial charge in [-0.2, -0.15) is 0 Å². The summed E-state index contributed by atoms with van der Waals surface area (Å²) in [4.78, 5) is 34.5. The Morgan fingerprint density at radius 1 is 0.970 bits per heavy atom. The first kappa shape index (κ1) is 22.0. The van der Waals surface area contributed by atoms with E-state index in [1.807, 2.05) is 24.3 Å². The molecule has 166 valence electrons. The second kappa shape index (κ2) is 9.12. The maximum atomic E-state index is 14.6. The number of carboxylic acids is 1. The number of fused-ring (bicyclic) bond motifs is 1. The summed E-state index contributed by atoms with van der Waals surface area (Å²) in [6.45, 7) is 1.50. The molecule has 0 aliphatic carbocycles. The van der Waals surface area contributed by atoms with Crippen LogP contribution < -0.4 is 0 Å². The summed E-state index contributed by atoms with van der Waals surface area (Å²) in [5.74, 6) is -3.23. The average molecular weight is 447 g/mol. The van der Waals surface area contributed by atoms with E-state index >= 15 is 0 Å². The largest absolute Gasteiger partial charge is 0.477 e. The van der Waals surface area contributed by atoms with Crippen LogP contribution in [0.15, 0.2) is 72.9 Å². The lowest BCUT2D eigenvalue weighted by molar-refractivity contribution is 0.0662. The number of hydrogen-bond donors (Lipinski definition) is 1. The highest BCUT2D eigenvalue weighted by Gasteiger charge is 2.27. The number of carboxylic acid groups (broad SMARTS) is 1. The molecule has 6 nitrogen and oxygen atoms in total. The van der Waals surface area contributed by atoms with Gasteiger partial charge in [0.15, 0.2) is 0 Å². The van der Waals surface area contributed by atoms with Crippen molar-refractivity contribution in [2.45, 2.75) is 19.5 Å². The molecular formula is C25H19F2N3O3.